The maximum absolute atomic E-state index is 12.0. The Hall–Kier alpha value is -2.68. The minimum Gasteiger partial charge on any atom is -0.368 e. The largest absolute Gasteiger partial charge is 0.368 e. The number of nitrogens with one attached hydrogen (secondary N) is 3. The second-order valence-electron chi connectivity index (χ2n) is 6.29. The van der Waals surface area contributed by atoms with Gasteiger partial charge in [-0.3, -0.25) is 14.9 Å². The van der Waals surface area contributed by atoms with Gasteiger partial charge in [0.15, 0.2) is 0 Å². The number of amides is 4. The van der Waals surface area contributed by atoms with Gasteiger partial charge in [0.2, 0.25) is 5.91 Å². The predicted octanol–water partition coefficient (Wildman–Crippen LogP) is -0.240. The van der Waals surface area contributed by atoms with E-state index in [9.17, 15) is 14.4 Å². The molecule has 9 nitrogen and oxygen atoms in total. The van der Waals surface area contributed by atoms with Crippen molar-refractivity contribution in [2.75, 3.05) is 43.4 Å². The van der Waals surface area contributed by atoms with Gasteiger partial charge in [0.05, 0.1) is 11.9 Å². The number of anilines is 2. The number of carbonyl (C=O) groups excluding carboxylic acids is 3. The molecular formula is C16H22N6O3. The average molecular weight is 346 g/mol. The molecule has 2 saturated heterocycles. The molecule has 2 aliphatic rings. The maximum Gasteiger partial charge on any atom is 0.322 e. The highest BCUT2D eigenvalue weighted by Gasteiger charge is 2.29. The molecule has 134 valence electrons. The van der Waals surface area contributed by atoms with Crippen LogP contribution in [0.2, 0.25) is 0 Å². The molecule has 1 aromatic rings. The third-order valence-electron chi connectivity index (χ3n) is 4.40. The first kappa shape index (κ1) is 17.2. The molecule has 1 aromatic heterocycles. The molecule has 0 bridgehead atoms. The highest BCUT2D eigenvalue weighted by atomic mass is 16.2. The molecule has 9 heteroatoms. The predicted molar refractivity (Wildman–Crippen MR) is 92.3 cm³/mol. The van der Waals surface area contributed by atoms with Crippen molar-refractivity contribution in [1.29, 1.82) is 0 Å². The van der Waals surface area contributed by atoms with Gasteiger partial charge in [-0.25, -0.2) is 9.78 Å². The van der Waals surface area contributed by atoms with Crippen molar-refractivity contribution in [2.24, 2.45) is 0 Å². The molecule has 4 amide bonds. The summed E-state index contributed by atoms with van der Waals surface area (Å²) >= 11 is 0. The number of hydrogen-bond donors (Lipinski definition) is 3. The van der Waals surface area contributed by atoms with E-state index in [-0.39, 0.29) is 18.7 Å². The van der Waals surface area contributed by atoms with Crippen LogP contribution < -0.4 is 20.9 Å². The van der Waals surface area contributed by atoms with Gasteiger partial charge in [-0.15, -0.1) is 0 Å². The fourth-order valence-electron chi connectivity index (χ4n) is 2.85. The zero-order chi connectivity index (χ0) is 17.8. The number of rotatable bonds is 5. The highest BCUT2D eigenvalue weighted by molar-refractivity contribution is 6.04. The SMILES string of the molecule is CN1CCN(c2ccc(NC(=O)CC[C@@H]3NC(=O)NC3=O)nc2)CC1. The van der Waals surface area contributed by atoms with E-state index in [4.69, 9.17) is 0 Å². The van der Waals surface area contributed by atoms with Gasteiger partial charge in [0, 0.05) is 32.6 Å². The number of imide groups is 1. The summed E-state index contributed by atoms with van der Waals surface area (Å²) in [4.78, 5) is 43.2. The number of hydrogen-bond acceptors (Lipinski definition) is 6. The quantitative estimate of drug-likeness (QED) is 0.636. The Morgan fingerprint density at radius 2 is 2.04 bits per heavy atom. The molecule has 0 aliphatic carbocycles. The fourth-order valence-corrected chi connectivity index (χ4v) is 2.85. The van der Waals surface area contributed by atoms with Crippen LogP contribution in [0.25, 0.3) is 0 Å². The molecule has 25 heavy (non-hydrogen) atoms. The van der Waals surface area contributed by atoms with Crippen molar-refractivity contribution >= 4 is 29.4 Å². The molecule has 0 spiro atoms. The van der Waals surface area contributed by atoms with Crippen molar-refractivity contribution < 1.29 is 14.4 Å². The van der Waals surface area contributed by atoms with Crippen molar-refractivity contribution in [3.8, 4) is 0 Å². The Kier molecular flexibility index (Phi) is 5.13. The zero-order valence-electron chi connectivity index (χ0n) is 14.1. The van der Waals surface area contributed by atoms with Crippen LogP contribution in [0.1, 0.15) is 12.8 Å². The fraction of sp³-hybridized carbons (Fsp3) is 0.500. The van der Waals surface area contributed by atoms with Crippen LogP contribution in [-0.2, 0) is 9.59 Å². The van der Waals surface area contributed by atoms with Crippen LogP contribution in [0.5, 0.6) is 0 Å². The maximum atomic E-state index is 12.0. The molecule has 0 unspecified atom stereocenters. The van der Waals surface area contributed by atoms with E-state index in [2.05, 4.69) is 37.8 Å². The average Bonchev–Trinajstić information content (AvgIpc) is 2.92. The van der Waals surface area contributed by atoms with E-state index < -0.39 is 18.0 Å². The van der Waals surface area contributed by atoms with Crippen molar-refractivity contribution in [3.63, 3.8) is 0 Å². The summed E-state index contributed by atoms with van der Waals surface area (Å²) in [7, 11) is 2.11. The van der Waals surface area contributed by atoms with E-state index in [0.717, 1.165) is 31.9 Å². The Bertz CT molecular complexity index is 654. The smallest absolute Gasteiger partial charge is 0.322 e. The summed E-state index contributed by atoms with van der Waals surface area (Å²) in [5.74, 6) is -0.163. The number of carbonyl (C=O) groups is 3. The first-order valence-electron chi connectivity index (χ1n) is 8.32. The van der Waals surface area contributed by atoms with Crippen LogP contribution in [-0.4, -0.2) is 67.0 Å². The summed E-state index contributed by atoms with van der Waals surface area (Å²) in [6, 6.07) is 2.55. The van der Waals surface area contributed by atoms with Crippen LogP contribution >= 0.6 is 0 Å². The number of urea groups is 1. The van der Waals surface area contributed by atoms with Crippen LogP contribution in [0, 0.1) is 0 Å². The number of likely N-dealkylation sites (N-methyl/N-ethyl adjacent to an activating group) is 1. The highest BCUT2D eigenvalue weighted by Crippen LogP contribution is 2.17. The molecule has 2 aliphatic heterocycles. The third-order valence-corrected chi connectivity index (χ3v) is 4.40. The van der Waals surface area contributed by atoms with E-state index in [1.165, 1.54) is 0 Å². The van der Waals surface area contributed by atoms with E-state index >= 15 is 0 Å². The number of pyridine rings is 1. The molecule has 0 aromatic carbocycles. The molecule has 3 heterocycles. The third kappa shape index (κ3) is 4.44. The Labute approximate surface area is 145 Å². The van der Waals surface area contributed by atoms with Crippen molar-refractivity contribution in [3.05, 3.63) is 18.3 Å². The first-order valence-corrected chi connectivity index (χ1v) is 8.32. The number of aromatic nitrogens is 1. The van der Waals surface area contributed by atoms with E-state index in [1.54, 1.807) is 12.3 Å². The summed E-state index contributed by atoms with van der Waals surface area (Å²) in [6.45, 7) is 3.95. The second-order valence-corrected chi connectivity index (χ2v) is 6.29. The van der Waals surface area contributed by atoms with E-state index in [1.807, 2.05) is 6.07 Å². The normalized spacial score (nSPS) is 21.0. The van der Waals surface area contributed by atoms with Crippen LogP contribution in [0.15, 0.2) is 18.3 Å². The number of piperazine rings is 1. The van der Waals surface area contributed by atoms with Crippen molar-refractivity contribution in [1.82, 2.24) is 20.5 Å². The summed E-state index contributed by atoms with van der Waals surface area (Å²) in [6.07, 6.45) is 2.13. The lowest BCUT2D eigenvalue weighted by atomic mass is 10.1. The van der Waals surface area contributed by atoms with Gasteiger partial charge in [-0.1, -0.05) is 0 Å². The Morgan fingerprint density at radius 1 is 1.28 bits per heavy atom. The van der Waals surface area contributed by atoms with Gasteiger partial charge in [0.25, 0.3) is 5.91 Å². The van der Waals surface area contributed by atoms with Gasteiger partial charge in [-0.2, -0.15) is 0 Å². The zero-order valence-corrected chi connectivity index (χ0v) is 14.1. The van der Waals surface area contributed by atoms with Crippen molar-refractivity contribution in [2.45, 2.75) is 18.9 Å². The summed E-state index contributed by atoms with van der Waals surface area (Å²) < 4.78 is 0. The number of nitrogens with zero attached hydrogens (tertiary/aromatic N) is 3. The molecule has 0 saturated carbocycles. The van der Waals surface area contributed by atoms with Crippen LogP contribution in [0.4, 0.5) is 16.3 Å². The molecule has 0 radical (unpaired) electrons. The van der Waals surface area contributed by atoms with E-state index in [0.29, 0.717) is 5.82 Å². The molecule has 2 fully saturated rings. The first-order chi connectivity index (χ1) is 12.0. The van der Waals surface area contributed by atoms with Gasteiger partial charge < -0.3 is 20.4 Å². The van der Waals surface area contributed by atoms with Gasteiger partial charge >= 0.3 is 6.03 Å². The standard InChI is InChI=1S/C16H22N6O3/c1-21-6-8-22(9-7-21)11-2-4-13(17-10-11)19-14(23)5-3-12-15(24)20-16(25)18-12/h2,4,10,12H,3,5-9H2,1H3,(H,17,19,23)(H2,18,20,24,25)/t12-/m0/s1. The summed E-state index contributed by atoms with van der Waals surface area (Å²) in [5.41, 5.74) is 1.04. The molecule has 3 N–H and O–H groups in total. The Balaban J connectivity index is 1.47. The minimum atomic E-state index is -0.647. The second kappa shape index (κ2) is 7.47. The lowest BCUT2D eigenvalue weighted by Gasteiger charge is -2.33. The van der Waals surface area contributed by atoms with Crippen LogP contribution in [0.3, 0.4) is 0 Å². The Morgan fingerprint density at radius 3 is 2.64 bits per heavy atom. The molecular weight excluding hydrogens is 324 g/mol. The lowest BCUT2D eigenvalue weighted by molar-refractivity contribution is -0.120. The summed E-state index contributed by atoms with van der Waals surface area (Å²) in [5, 5.41) is 7.31. The molecule has 1 atom stereocenters. The van der Waals surface area contributed by atoms with Gasteiger partial charge in [-0.05, 0) is 25.6 Å². The molecule has 3 rings (SSSR count). The lowest BCUT2D eigenvalue weighted by Crippen LogP contribution is -2.44. The minimum absolute atomic E-state index is 0.125. The topological polar surface area (TPSA) is 107 Å². The van der Waals surface area contributed by atoms with Gasteiger partial charge in [0.1, 0.15) is 11.9 Å². The monoisotopic (exact) mass is 346 g/mol.